The van der Waals surface area contributed by atoms with Crippen molar-refractivity contribution in [3.63, 3.8) is 0 Å². The number of nitrogens with zero attached hydrogens (tertiary/aromatic N) is 2. The Morgan fingerprint density at radius 3 is 2.29 bits per heavy atom. The first-order chi connectivity index (χ1) is 17.1. The summed E-state index contributed by atoms with van der Waals surface area (Å²) in [5, 5.41) is 15.9. The number of carboxylic acid groups (broad SMARTS) is 1. The van der Waals surface area contributed by atoms with Gasteiger partial charge in [-0.15, -0.1) is 0 Å². The molecule has 0 unspecified atom stereocenters. The number of nitrogens with one attached hydrogen (secondary N) is 1. The van der Waals surface area contributed by atoms with Crippen molar-refractivity contribution in [3.05, 3.63) is 113 Å². The number of hydrogen-bond donors (Lipinski definition) is 2. The fourth-order valence-corrected chi connectivity index (χ4v) is 4.62. The molecule has 0 radical (unpaired) electrons. The second kappa shape index (κ2) is 9.94. The van der Waals surface area contributed by atoms with Gasteiger partial charge in [-0.05, 0) is 76.8 Å². The Hall–Kier alpha value is -4.25. The molecule has 1 aliphatic carbocycles. The smallest absolute Gasteiger partial charge is 0.328 e. The molecular formula is C30H27N3O2. The van der Waals surface area contributed by atoms with E-state index >= 15 is 0 Å². The molecule has 0 spiro atoms. The molecule has 35 heavy (non-hydrogen) atoms. The first-order valence-electron chi connectivity index (χ1n) is 11.9. The van der Waals surface area contributed by atoms with Crippen molar-refractivity contribution >= 4 is 23.2 Å². The Morgan fingerprint density at radius 2 is 1.71 bits per heavy atom. The monoisotopic (exact) mass is 461 g/mol. The second-order valence-electron chi connectivity index (χ2n) is 8.94. The molecule has 0 aliphatic heterocycles. The summed E-state index contributed by atoms with van der Waals surface area (Å²) in [7, 11) is 0. The van der Waals surface area contributed by atoms with Crippen molar-refractivity contribution in [2.45, 2.75) is 26.2 Å². The zero-order valence-electron chi connectivity index (χ0n) is 19.6. The predicted octanol–water partition coefficient (Wildman–Crippen LogP) is 6.64. The highest BCUT2D eigenvalue weighted by molar-refractivity contribution is 5.99. The molecule has 0 atom stereocenters. The zero-order chi connectivity index (χ0) is 24.2. The van der Waals surface area contributed by atoms with Crippen LogP contribution in [0.4, 0.5) is 0 Å². The Bertz CT molecular complexity index is 1380. The molecule has 0 saturated heterocycles. The van der Waals surface area contributed by atoms with Crippen molar-refractivity contribution in [2.24, 2.45) is 5.92 Å². The lowest BCUT2D eigenvalue weighted by Gasteiger charge is -2.31. The van der Waals surface area contributed by atoms with Crippen LogP contribution in [0.3, 0.4) is 0 Å². The molecule has 2 aromatic heterocycles. The van der Waals surface area contributed by atoms with E-state index in [9.17, 15) is 4.79 Å². The number of aromatic nitrogens is 3. The lowest BCUT2D eigenvalue weighted by atomic mass is 9.73. The van der Waals surface area contributed by atoms with Crippen molar-refractivity contribution in [2.75, 3.05) is 0 Å². The van der Waals surface area contributed by atoms with Gasteiger partial charge < -0.3 is 5.11 Å². The van der Waals surface area contributed by atoms with Gasteiger partial charge in [0.2, 0.25) is 0 Å². The molecule has 5 heteroatoms. The third-order valence-corrected chi connectivity index (χ3v) is 6.67. The van der Waals surface area contributed by atoms with E-state index in [-0.39, 0.29) is 0 Å². The van der Waals surface area contributed by atoms with Crippen LogP contribution in [0.5, 0.6) is 0 Å². The zero-order valence-corrected chi connectivity index (χ0v) is 19.6. The molecule has 1 saturated carbocycles. The van der Waals surface area contributed by atoms with Crippen LogP contribution < -0.4 is 0 Å². The second-order valence-corrected chi connectivity index (χ2v) is 8.94. The summed E-state index contributed by atoms with van der Waals surface area (Å²) in [6.07, 6.45) is 11.9. The standard InChI is InChI=1S/C30H27N3O2/c1-20-4-3-17-31-30(20)29(23-5-2-6-23)28(24-10-7-21(8-11-24)9-16-27(34)35)25-14-12-22(13-15-25)26-18-32-33-19-26/h3-4,7-19,23H,2,5-6H2,1H3,(H,32,33)(H,34,35)/b16-9+,29-28+. The summed E-state index contributed by atoms with van der Waals surface area (Å²) in [6.45, 7) is 2.13. The fourth-order valence-electron chi connectivity index (χ4n) is 4.62. The molecule has 2 N–H and O–H groups in total. The van der Waals surface area contributed by atoms with E-state index in [2.05, 4.69) is 59.6 Å². The number of aromatic amines is 1. The number of carbonyl (C=O) groups is 1. The molecular weight excluding hydrogens is 434 g/mol. The van der Waals surface area contributed by atoms with Crippen LogP contribution >= 0.6 is 0 Å². The van der Waals surface area contributed by atoms with Crippen molar-refractivity contribution < 1.29 is 9.90 Å². The molecule has 2 aromatic carbocycles. The van der Waals surface area contributed by atoms with Gasteiger partial charge in [0, 0.05) is 24.0 Å². The maximum Gasteiger partial charge on any atom is 0.328 e. The predicted molar refractivity (Wildman–Crippen MR) is 139 cm³/mol. The average molecular weight is 462 g/mol. The van der Waals surface area contributed by atoms with E-state index in [1.807, 2.05) is 36.8 Å². The molecule has 4 aromatic rings. The van der Waals surface area contributed by atoms with Crippen LogP contribution in [0.2, 0.25) is 0 Å². The highest BCUT2D eigenvalue weighted by atomic mass is 16.4. The number of hydrogen-bond acceptors (Lipinski definition) is 3. The molecule has 174 valence electrons. The fraction of sp³-hybridized carbons (Fsp3) is 0.167. The normalized spacial score (nSPS) is 14.5. The average Bonchev–Trinajstić information content (AvgIpc) is 3.38. The first kappa shape index (κ1) is 22.5. The topological polar surface area (TPSA) is 78.9 Å². The summed E-state index contributed by atoms with van der Waals surface area (Å²) in [6, 6.07) is 20.8. The van der Waals surface area contributed by atoms with E-state index in [4.69, 9.17) is 10.1 Å². The Labute approximate surface area is 204 Å². The van der Waals surface area contributed by atoms with Crippen LogP contribution in [0, 0.1) is 12.8 Å². The number of pyridine rings is 1. The lowest BCUT2D eigenvalue weighted by molar-refractivity contribution is -0.131. The van der Waals surface area contributed by atoms with E-state index in [0.717, 1.165) is 52.4 Å². The van der Waals surface area contributed by atoms with Gasteiger partial charge in [-0.1, -0.05) is 61.0 Å². The summed E-state index contributed by atoms with van der Waals surface area (Å²) in [4.78, 5) is 15.8. The van der Waals surface area contributed by atoms with Gasteiger partial charge in [0.1, 0.15) is 0 Å². The Balaban J connectivity index is 1.68. The Kier molecular flexibility index (Phi) is 6.40. The van der Waals surface area contributed by atoms with E-state index in [0.29, 0.717) is 5.92 Å². The third-order valence-electron chi connectivity index (χ3n) is 6.67. The minimum atomic E-state index is -0.953. The van der Waals surface area contributed by atoms with Crippen LogP contribution in [0.25, 0.3) is 28.3 Å². The van der Waals surface area contributed by atoms with Gasteiger partial charge in [0.15, 0.2) is 0 Å². The SMILES string of the molecule is Cc1cccnc1/C(=C(\c1ccc(/C=C/C(=O)O)cc1)c1ccc(-c2cn[nH]c2)cc1)C1CCC1. The van der Waals surface area contributed by atoms with Crippen molar-refractivity contribution in [3.8, 4) is 11.1 Å². The number of aliphatic carboxylic acids is 1. The number of aryl methyl sites for hydroxylation is 1. The van der Waals surface area contributed by atoms with E-state index in [1.165, 1.54) is 23.1 Å². The Morgan fingerprint density at radius 1 is 1.00 bits per heavy atom. The minimum absolute atomic E-state index is 0.457. The van der Waals surface area contributed by atoms with Crippen LogP contribution in [0.1, 0.15) is 47.2 Å². The summed E-state index contributed by atoms with van der Waals surface area (Å²) < 4.78 is 0. The molecule has 1 fully saturated rings. The molecule has 5 rings (SSSR count). The molecule has 2 heterocycles. The quantitative estimate of drug-likeness (QED) is 0.303. The number of carboxylic acids is 1. The van der Waals surface area contributed by atoms with E-state index < -0.39 is 5.97 Å². The highest BCUT2D eigenvalue weighted by Gasteiger charge is 2.28. The molecule has 1 aliphatic rings. The van der Waals surface area contributed by atoms with Gasteiger partial charge in [0.25, 0.3) is 0 Å². The minimum Gasteiger partial charge on any atom is -0.478 e. The van der Waals surface area contributed by atoms with Gasteiger partial charge in [-0.25, -0.2) is 4.79 Å². The molecule has 0 amide bonds. The van der Waals surface area contributed by atoms with Crippen LogP contribution in [-0.2, 0) is 4.79 Å². The van der Waals surface area contributed by atoms with Crippen LogP contribution in [-0.4, -0.2) is 26.3 Å². The summed E-state index contributed by atoms with van der Waals surface area (Å²) in [5.41, 5.74) is 9.95. The highest BCUT2D eigenvalue weighted by Crippen LogP contribution is 2.45. The third kappa shape index (κ3) is 4.85. The van der Waals surface area contributed by atoms with Crippen molar-refractivity contribution in [1.82, 2.24) is 15.2 Å². The first-order valence-corrected chi connectivity index (χ1v) is 11.9. The van der Waals surface area contributed by atoms with Crippen molar-refractivity contribution in [1.29, 1.82) is 0 Å². The summed E-state index contributed by atoms with van der Waals surface area (Å²) >= 11 is 0. The van der Waals surface area contributed by atoms with Gasteiger partial charge >= 0.3 is 5.97 Å². The number of rotatable bonds is 7. The van der Waals surface area contributed by atoms with Crippen LogP contribution in [0.15, 0.2) is 85.3 Å². The van der Waals surface area contributed by atoms with Gasteiger partial charge in [-0.2, -0.15) is 5.10 Å². The van der Waals surface area contributed by atoms with Gasteiger partial charge in [0.05, 0.1) is 11.9 Å². The maximum atomic E-state index is 10.9. The lowest BCUT2D eigenvalue weighted by Crippen LogP contribution is -2.16. The largest absolute Gasteiger partial charge is 0.478 e. The van der Waals surface area contributed by atoms with Gasteiger partial charge in [-0.3, -0.25) is 10.1 Å². The molecule has 0 bridgehead atoms. The van der Waals surface area contributed by atoms with E-state index in [1.54, 1.807) is 6.08 Å². The maximum absolute atomic E-state index is 10.9. The number of allylic oxidation sites excluding steroid dienone is 1. The molecule has 5 nitrogen and oxygen atoms in total. The number of H-pyrrole nitrogens is 1. The number of benzene rings is 2. The summed E-state index contributed by atoms with van der Waals surface area (Å²) in [5.74, 6) is -0.496.